The number of piperidine rings is 1. The van der Waals surface area contributed by atoms with E-state index in [1.54, 1.807) is 0 Å². The summed E-state index contributed by atoms with van der Waals surface area (Å²) in [5.74, 6) is 0. The van der Waals surface area contributed by atoms with E-state index in [-0.39, 0.29) is 0 Å². The molecule has 1 aromatic carbocycles. The molecule has 1 N–H and O–H groups in total. The highest BCUT2D eigenvalue weighted by Crippen LogP contribution is 2.14. The Balaban J connectivity index is 1.73. The molecule has 1 fully saturated rings. The van der Waals surface area contributed by atoms with Crippen LogP contribution in [0.5, 0.6) is 0 Å². The number of benzene rings is 1. The minimum Gasteiger partial charge on any atom is -0.313 e. The van der Waals surface area contributed by atoms with Gasteiger partial charge < -0.3 is 10.2 Å². The van der Waals surface area contributed by atoms with E-state index in [2.05, 4.69) is 41.4 Å². The Morgan fingerprint density at radius 3 is 2.42 bits per heavy atom. The number of hydrogen-bond donors (Lipinski definition) is 1. The lowest BCUT2D eigenvalue weighted by atomic mass is 10.0. The number of aryl methyl sites for hydroxylation is 1. The van der Waals surface area contributed by atoms with E-state index in [1.807, 2.05) is 7.05 Å². The molecule has 2 rings (SSSR count). The van der Waals surface area contributed by atoms with Gasteiger partial charge in [0.2, 0.25) is 0 Å². The normalized spacial score (nSPS) is 18.4. The molecule has 1 aromatic rings. The highest BCUT2D eigenvalue weighted by molar-refractivity contribution is 5.24. The topological polar surface area (TPSA) is 15.3 Å². The molecular weight excluding hydrogens is 232 g/mol. The molecule has 0 spiro atoms. The van der Waals surface area contributed by atoms with Crippen molar-refractivity contribution >= 4 is 0 Å². The van der Waals surface area contributed by atoms with Gasteiger partial charge in [0.15, 0.2) is 0 Å². The Hall–Kier alpha value is -0.860. The molecule has 106 valence electrons. The molecule has 0 radical (unpaired) electrons. The first-order chi connectivity index (χ1) is 9.29. The first-order valence-corrected chi connectivity index (χ1v) is 7.78. The largest absolute Gasteiger partial charge is 0.313 e. The van der Waals surface area contributed by atoms with Crippen LogP contribution in [0.15, 0.2) is 24.3 Å². The molecule has 19 heavy (non-hydrogen) atoms. The van der Waals surface area contributed by atoms with Gasteiger partial charge in [-0.05, 0) is 70.4 Å². The Labute approximate surface area is 118 Å². The number of nitrogens with one attached hydrogen (secondary N) is 1. The maximum atomic E-state index is 3.28. The molecule has 2 heteroatoms. The molecule has 0 aliphatic carbocycles. The first kappa shape index (κ1) is 14.5. The molecule has 0 amide bonds. The van der Waals surface area contributed by atoms with Crippen LogP contribution in [0.4, 0.5) is 0 Å². The quantitative estimate of drug-likeness (QED) is 0.843. The van der Waals surface area contributed by atoms with Crippen LogP contribution in [-0.2, 0) is 6.42 Å². The van der Waals surface area contributed by atoms with Crippen molar-refractivity contribution in [1.29, 1.82) is 0 Å². The Morgan fingerprint density at radius 1 is 1.11 bits per heavy atom. The van der Waals surface area contributed by atoms with Gasteiger partial charge in [0, 0.05) is 6.04 Å². The molecular formula is C17H28N2. The summed E-state index contributed by atoms with van der Waals surface area (Å²) in [7, 11) is 2.01. The third-order valence-electron chi connectivity index (χ3n) is 4.30. The van der Waals surface area contributed by atoms with Gasteiger partial charge in [0.05, 0.1) is 0 Å². The van der Waals surface area contributed by atoms with E-state index in [1.165, 1.54) is 62.9 Å². The fourth-order valence-electron chi connectivity index (χ4n) is 2.83. The van der Waals surface area contributed by atoms with Crippen molar-refractivity contribution in [3.63, 3.8) is 0 Å². The van der Waals surface area contributed by atoms with E-state index in [9.17, 15) is 0 Å². The SMILES string of the molecule is CNC(C)c1ccc(CCCN2CCCCC2)cc1. The van der Waals surface area contributed by atoms with E-state index in [4.69, 9.17) is 0 Å². The molecule has 1 aliphatic rings. The molecule has 1 heterocycles. The van der Waals surface area contributed by atoms with Crippen LogP contribution in [0.25, 0.3) is 0 Å². The Bertz CT molecular complexity index is 352. The van der Waals surface area contributed by atoms with Crippen LogP contribution < -0.4 is 5.32 Å². The van der Waals surface area contributed by atoms with E-state index in [0.717, 1.165) is 0 Å². The van der Waals surface area contributed by atoms with Gasteiger partial charge in [0.1, 0.15) is 0 Å². The van der Waals surface area contributed by atoms with Gasteiger partial charge in [-0.1, -0.05) is 30.7 Å². The van der Waals surface area contributed by atoms with E-state index in [0.29, 0.717) is 6.04 Å². The highest BCUT2D eigenvalue weighted by Gasteiger charge is 2.09. The lowest BCUT2D eigenvalue weighted by molar-refractivity contribution is 0.226. The van der Waals surface area contributed by atoms with Gasteiger partial charge in [-0.15, -0.1) is 0 Å². The van der Waals surface area contributed by atoms with E-state index >= 15 is 0 Å². The van der Waals surface area contributed by atoms with E-state index < -0.39 is 0 Å². The summed E-state index contributed by atoms with van der Waals surface area (Å²) in [5.41, 5.74) is 2.85. The summed E-state index contributed by atoms with van der Waals surface area (Å²) in [6.45, 7) is 6.11. The minimum absolute atomic E-state index is 0.447. The second-order valence-corrected chi connectivity index (χ2v) is 5.76. The van der Waals surface area contributed by atoms with Crippen LogP contribution in [0.3, 0.4) is 0 Å². The Morgan fingerprint density at radius 2 is 1.79 bits per heavy atom. The summed E-state index contributed by atoms with van der Waals surface area (Å²) in [6.07, 6.45) is 6.74. The molecule has 1 atom stereocenters. The average Bonchev–Trinajstić information content (AvgIpc) is 2.48. The lowest BCUT2D eigenvalue weighted by Crippen LogP contribution is -2.30. The molecule has 2 nitrogen and oxygen atoms in total. The predicted molar refractivity (Wildman–Crippen MR) is 82.5 cm³/mol. The minimum atomic E-state index is 0.447. The summed E-state index contributed by atoms with van der Waals surface area (Å²) >= 11 is 0. The zero-order valence-electron chi connectivity index (χ0n) is 12.5. The average molecular weight is 260 g/mol. The molecule has 0 saturated carbocycles. The third kappa shape index (κ3) is 4.63. The first-order valence-electron chi connectivity index (χ1n) is 7.78. The van der Waals surface area contributed by atoms with Crippen LogP contribution in [-0.4, -0.2) is 31.6 Å². The van der Waals surface area contributed by atoms with Gasteiger partial charge >= 0.3 is 0 Å². The smallest absolute Gasteiger partial charge is 0.0289 e. The Kier molecular flexibility index (Phi) is 5.87. The van der Waals surface area contributed by atoms with Crippen LogP contribution in [0.1, 0.15) is 49.8 Å². The van der Waals surface area contributed by atoms with Crippen molar-refractivity contribution in [1.82, 2.24) is 10.2 Å². The second kappa shape index (κ2) is 7.66. The predicted octanol–water partition coefficient (Wildman–Crippen LogP) is 3.39. The maximum Gasteiger partial charge on any atom is 0.0289 e. The molecule has 0 bridgehead atoms. The van der Waals surface area contributed by atoms with Crippen LogP contribution >= 0.6 is 0 Å². The van der Waals surface area contributed by atoms with Crippen molar-refractivity contribution in [2.45, 2.75) is 45.1 Å². The summed E-state index contributed by atoms with van der Waals surface area (Å²) in [4.78, 5) is 2.63. The summed E-state index contributed by atoms with van der Waals surface area (Å²) in [6, 6.07) is 9.55. The monoisotopic (exact) mass is 260 g/mol. The molecule has 1 saturated heterocycles. The zero-order valence-corrected chi connectivity index (χ0v) is 12.5. The third-order valence-corrected chi connectivity index (χ3v) is 4.30. The summed E-state index contributed by atoms with van der Waals surface area (Å²) in [5, 5.41) is 3.28. The van der Waals surface area contributed by atoms with Crippen LogP contribution in [0.2, 0.25) is 0 Å². The van der Waals surface area contributed by atoms with Crippen molar-refractivity contribution in [2.24, 2.45) is 0 Å². The lowest BCUT2D eigenvalue weighted by Gasteiger charge is -2.26. The number of hydrogen-bond acceptors (Lipinski definition) is 2. The number of rotatable bonds is 6. The fraction of sp³-hybridized carbons (Fsp3) is 0.647. The fourth-order valence-corrected chi connectivity index (χ4v) is 2.83. The van der Waals surface area contributed by atoms with Gasteiger partial charge in [-0.2, -0.15) is 0 Å². The molecule has 0 aromatic heterocycles. The number of likely N-dealkylation sites (tertiary alicyclic amines) is 1. The zero-order chi connectivity index (χ0) is 13.5. The van der Waals surface area contributed by atoms with Crippen molar-refractivity contribution < 1.29 is 0 Å². The van der Waals surface area contributed by atoms with Crippen molar-refractivity contribution in [3.8, 4) is 0 Å². The van der Waals surface area contributed by atoms with Crippen molar-refractivity contribution in [3.05, 3.63) is 35.4 Å². The van der Waals surface area contributed by atoms with Gasteiger partial charge in [0.25, 0.3) is 0 Å². The maximum absolute atomic E-state index is 3.28. The molecule has 1 unspecified atom stereocenters. The van der Waals surface area contributed by atoms with Crippen molar-refractivity contribution in [2.75, 3.05) is 26.7 Å². The second-order valence-electron chi connectivity index (χ2n) is 5.76. The van der Waals surface area contributed by atoms with Crippen LogP contribution in [0, 0.1) is 0 Å². The molecule has 1 aliphatic heterocycles. The van der Waals surface area contributed by atoms with Gasteiger partial charge in [-0.3, -0.25) is 0 Å². The number of nitrogens with zero attached hydrogens (tertiary/aromatic N) is 1. The standard InChI is InChI=1S/C17H28N2/c1-15(18-2)17-10-8-16(9-11-17)7-6-14-19-12-4-3-5-13-19/h8-11,15,18H,3-7,12-14H2,1-2H3. The van der Waals surface area contributed by atoms with Gasteiger partial charge in [-0.25, -0.2) is 0 Å². The highest BCUT2D eigenvalue weighted by atomic mass is 15.1. The summed E-state index contributed by atoms with van der Waals surface area (Å²) < 4.78 is 0.